The fourth-order valence-electron chi connectivity index (χ4n) is 12.0. The van der Waals surface area contributed by atoms with E-state index in [-0.39, 0.29) is 39.1 Å². The maximum atomic E-state index is 13.5. The second kappa shape index (κ2) is 11.2. The van der Waals surface area contributed by atoms with E-state index in [0.29, 0.717) is 48.8 Å². The molecule has 0 aromatic carbocycles. The number of carbonyl (C=O) groups is 1. The highest BCUT2D eigenvalue weighted by Gasteiger charge is 2.69. The molecule has 42 heavy (non-hydrogen) atoms. The predicted molar refractivity (Wildman–Crippen MR) is 170 cm³/mol. The molecular formula is C37H63NO4. The fraction of sp³-hybridized carbons (Fsp3) is 0.919. The summed E-state index contributed by atoms with van der Waals surface area (Å²) in [5.41, 5.74) is 1.91. The molecule has 1 unspecified atom stereocenters. The van der Waals surface area contributed by atoms with Crippen molar-refractivity contribution < 1.29 is 19.4 Å². The van der Waals surface area contributed by atoms with Crippen LogP contribution in [0.3, 0.4) is 0 Å². The smallest absolute Gasteiger partial charge is 0.312 e. The van der Waals surface area contributed by atoms with E-state index in [4.69, 9.17) is 9.47 Å². The third-order valence-electron chi connectivity index (χ3n) is 14.8. The van der Waals surface area contributed by atoms with Crippen LogP contribution in [0.1, 0.15) is 120 Å². The van der Waals surface area contributed by atoms with Gasteiger partial charge in [-0.2, -0.15) is 0 Å². The molecule has 0 aliphatic heterocycles. The molecule has 0 aromatic rings. The number of nitrogens with one attached hydrogen (secondary N) is 1. The van der Waals surface area contributed by atoms with Crippen molar-refractivity contribution in [2.45, 2.75) is 138 Å². The molecule has 11 atom stereocenters. The highest BCUT2D eigenvalue weighted by molar-refractivity contribution is 5.78. The summed E-state index contributed by atoms with van der Waals surface area (Å²) in [6.45, 7) is 22.8. The third-order valence-corrected chi connectivity index (χ3v) is 14.8. The van der Waals surface area contributed by atoms with E-state index in [2.05, 4.69) is 73.7 Å². The van der Waals surface area contributed by atoms with Gasteiger partial charge in [-0.15, -0.1) is 0 Å². The van der Waals surface area contributed by atoms with Crippen LogP contribution in [0.2, 0.25) is 0 Å². The van der Waals surface area contributed by atoms with Gasteiger partial charge in [0.05, 0.1) is 31.3 Å². The van der Waals surface area contributed by atoms with Gasteiger partial charge in [-0.3, -0.25) is 4.79 Å². The van der Waals surface area contributed by atoms with Crippen molar-refractivity contribution in [2.75, 3.05) is 20.3 Å². The number of rotatable bonds is 7. The number of esters is 1. The van der Waals surface area contributed by atoms with E-state index >= 15 is 0 Å². The minimum Gasteiger partial charge on any atom is -0.469 e. The van der Waals surface area contributed by atoms with Crippen molar-refractivity contribution in [3.8, 4) is 0 Å². The quantitative estimate of drug-likeness (QED) is 0.238. The molecule has 5 aliphatic carbocycles. The van der Waals surface area contributed by atoms with Crippen molar-refractivity contribution >= 4 is 5.97 Å². The number of methoxy groups -OCH3 is 1. The summed E-state index contributed by atoms with van der Waals surface area (Å²) in [5, 5.41) is 13.9. The highest BCUT2D eigenvalue weighted by Crippen LogP contribution is 2.76. The van der Waals surface area contributed by atoms with Crippen molar-refractivity contribution in [2.24, 2.45) is 56.7 Å². The van der Waals surface area contributed by atoms with E-state index in [9.17, 15) is 9.90 Å². The van der Waals surface area contributed by atoms with Crippen LogP contribution in [0.15, 0.2) is 11.6 Å². The van der Waals surface area contributed by atoms with Gasteiger partial charge in [-0.1, -0.05) is 74.0 Å². The molecule has 0 amide bonds. The summed E-state index contributed by atoms with van der Waals surface area (Å²) in [7, 11) is 1.60. The molecule has 0 heterocycles. The van der Waals surface area contributed by atoms with E-state index in [1.165, 1.54) is 19.3 Å². The predicted octanol–water partition coefficient (Wildman–Crippen LogP) is 7.56. The van der Waals surface area contributed by atoms with Crippen molar-refractivity contribution in [3.05, 3.63) is 11.6 Å². The Kier molecular flexibility index (Phi) is 8.63. The number of hydrogen-bond acceptors (Lipinski definition) is 5. The number of carbonyl (C=O) groups excluding carboxylic acids is 1. The van der Waals surface area contributed by atoms with Gasteiger partial charge in [0.15, 0.2) is 0 Å². The maximum Gasteiger partial charge on any atom is 0.312 e. The zero-order chi connectivity index (χ0) is 30.9. The molecule has 2 N–H and O–H groups in total. The van der Waals surface area contributed by atoms with Crippen LogP contribution in [0.5, 0.6) is 0 Å². The molecule has 0 radical (unpaired) electrons. The number of allylic oxidation sites excluding steroid dienone is 2. The number of aliphatic hydroxyl groups excluding tert-OH is 1. The lowest BCUT2D eigenvalue weighted by Crippen LogP contribution is -2.65. The molecule has 0 aromatic heterocycles. The van der Waals surface area contributed by atoms with Crippen molar-refractivity contribution in [1.82, 2.24) is 5.32 Å². The Morgan fingerprint density at radius 1 is 1.00 bits per heavy atom. The van der Waals surface area contributed by atoms with Crippen LogP contribution in [0, 0.1) is 56.7 Å². The number of hydrogen-bond donors (Lipinski definition) is 2. The Balaban J connectivity index is 1.43. The Hall–Kier alpha value is -0.910. The summed E-state index contributed by atoms with van der Waals surface area (Å²) in [5.74, 6) is 2.69. The van der Waals surface area contributed by atoms with E-state index in [1.54, 1.807) is 12.7 Å². The summed E-state index contributed by atoms with van der Waals surface area (Å²) < 4.78 is 12.1. The first-order valence-electron chi connectivity index (χ1n) is 17.4. The molecule has 4 saturated carbocycles. The van der Waals surface area contributed by atoms with Gasteiger partial charge in [0, 0.05) is 12.6 Å². The third kappa shape index (κ3) is 4.68. The van der Waals surface area contributed by atoms with Crippen LogP contribution in [-0.4, -0.2) is 49.6 Å². The molecule has 240 valence electrons. The first-order chi connectivity index (χ1) is 19.6. The molecular weight excluding hydrogens is 522 g/mol. The van der Waals surface area contributed by atoms with Crippen LogP contribution in [0.25, 0.3) is 0 Å². The van der Waals surface area contributed by atoms with Crippen molar-refractivity contribution in [1.29, 1.82) is 0 Å². The number of aliphatic hydroxyl groups is 1. The summed E-state index contributed by atoms with van der Waals surface area (Å²) in [6.07, 6.45) is 12.4. The molecule has 5 heteroatoms. The first kappa shape index (κ1) is 32.5. The van der Waals surface area contributed by atoms with Crippen molar-refractivity contribution in [3.63, 3.8) is 0 Å². The SMILES string of the molecule is COC(=O)[C@]12CC[C@@H](C)[C@H](C)[C@H]1C1=CC[C@@H]3[C@@]4(C)CC[C@H](OCC(O)CNC(C)C)C(C)(C)[C@@H]4CC[C@@]3(C)[C@]1(C)CC2. The highest BCUT2D eigenvalue weighted by atomic mass is 16.5. The maximum absolute atomic E-state index is 13.5. The lowest BCUT2D eigenvalue weighted by Gasteiger charge is -2.71. The number of fused-ring (bicyclic) bond motifs is 7. The lowest BCUT2D eigenvalue weighted by atomic mass is 9.33. The monoisotopic (exact) mass is 585 g/mol. The van der Waals surface area contributed by atoms with Gasteiger partial charge in [-0.05, 0) is 109 Å². The summed E-state index contributed by atoms with van der Waals surface area (Å²) in [4.78, 5) is 13.5. The lowest BCUT2D eigenvalue weighted by molar-refractivity contribution is -0.216. The minimum atomic E-state index is -0.471. The zero-order valence-corrected chi connectivity index (χ0v) is 28.6. The Bertz CT molecular complexity index is 1050. The number of ether oxygens (including phenoxy) is 2. The second-order valence-corrected chi connectivity index (χ2v) is 17.2. The average Bonchev–Trinajstić information content (AvgIpc) is 2.93. The van der Waals surface area contributed by atoms with Crippen LogP contribution < -0.4 is 5.32 Å². The summed E-state index contributed by atoms with van der Waals surface area (Å²) >= 11 is 0. The molecule has 0 saturated heterocycles. The van der Waals surface area contributed by atoms with E-state index in [1.807, 2.05) is 0 Å². The fourth-order valence-corrected chi connectivity index (χ4v) is 12.0. The average molecular weight is 586 g/mol. The molecule has 5 nitrogen and oxygen atoms in total. The molecule has 5 aliphatic rings. The normalized spacial score (nSPS) is 46.9. The first-order valence-corrected chi connectivity index (χ1v) is 17.4. The van der Waals surface area contributed by atoms with Crippen LogP contribution in [0.4, 0.5) is 0 Å². The largest absolute Gasteiger partial charge is 0.469 e. The van der Waals surface area contributed by atoms with Gasteiger partial charge in [-0.25, -0.2) is 0 Å². The summed E-state index contributed by atoms with van der Waals surface area (Å²) in [6, 6.07) is 0.362. The van der Waals surface area contributed by atoms with Gasteiger partial charge >= 0.3 is 5.97 Å². The van der Waals surface area contributed by atoms with Gasteiger partial charge < -0.3 is 19.9 Å². The van der Waals surface area contributed by atoms with Gasteiger partial charge in [0.1, 0.15) is 0 Å². The van der Waals surface area contributed by atoms with Gasteiger partial charge in [0.25, 0.3) is 0 Å². The minimum absolute atomic E-state index is 0.0438. The van der Waals surface area contributed by atoms with E-state index < -0.39 is 6.10 Å². The Labute approximate surface area is 257 Å². The van der Waals surface area contributed by atoms with Crippen LogP contribution >= 0.6 is 0 Å². The van der Waals surface area contributed by atoms with Crippen LogP contribution in [-0.2, 0) is 14.3 Å². The Morgan fingerprint density at radius 2 is 1.71 bits per heavy atom. The zero-order valence-electron chi connectivity index (χ0n) is 28.6. The molecule has 5 rings (SSSR count). The topological polar surface area (TPSA) is 67.8 Å². The second-order valence-electron chi connectivity index (χ2n) is 17.2. The standard InChI is InChI=1S/C37H63NO4/c1-23(2)38-21-26(39)22-42-30-15-16-34(7)28(33(30,5)6)14-17-36(9)29(34)12-11-27-31-25(4)24(3)13-18-37(31,32(40)41-10)20-19-35(27,36)8/h11,23-26,28-31,38-39H,12-22H2,1-10H3/t24-,25+,26?,28+,29-,30+,31+,34+,35-,36-,37+/m1/s1. The molecule has 0 bridgehead atoms. The molecule has 0 spiro atoms. The Morgan fingerprint density at radius 3 is 2.38 bits per heavy atom. The molecule has 4 fully saturated rings. The van der Waals surface area contributed by atoms with Gasteiger partial charge in [0.2, 0.25) is 0 Å². The van der Waals surface area contributed by atoms with E-state index in [0.717, 1.165) is 38.5 Å².